The Hall–Kier alpha value is -2.50. The summed E-state index contributed by atoms with van der Waals surface area (Å²) >= 11 is 0. The van der Waals surface area contributed by atoms with Gasteiger partial charge in [-0.3, -0.25) is 0 Å². The number of benzene rings is 1. The van der Waals surface area contributed by atoms with Gasteiger partial charge >= 0.3 is 12.5 Å². The number of ether oxygens (including phenoxy) is 1. The fourth-order valence-corrected chi connectivity index (χ4v) is 1.43. The van der Waals surface area contributed by atoms with E-state index in [9.17, 15) is 22.4 Å². The van der Waals surface area contributed by atoms with Gasteiger partial charge in [-0.15, -0.1) is 13.2 Å². The Morgan fingerprint density at radius 3 is 2.60 bits per heavy atom. The summed E-state index contributed by atoms with van der Waals surface area (Å²) in [7, 11) is 0. The van der Waals surface area contributed by atoms with Gasteiger partial charge in [-0.1, -0.05) is 6.07 Å². The highest BCUT2D eigenvalue weighted by atomic mass is 19.4. The molecule has 0 saturated heterocycles. The van der Waals surface area contributed by atoms with Gasteiger partial charge in [-0.25, -0.2) is 9.18 Å². The minimum Gasteiger partial charge on any atom is -0.465 e. The number of alkyl halides is 3. The predicted molar refractivity (Wildman–Crippen MR) is 57.2 cm³/mol. The molecule has 1 amide bonds. The van der Waals surface area contributed by atoms with Crippen LogP contribution in [0, 0.1) is 17.1 Å². The van der Waals surface area contributed by atoms with Gasteiger partial charge in [0.05, 0.1) is 18.5 Å². The number of amides is 1. The molecule has 5 nitrogen and oxygen atoms in total. The molecule has 108 valence electrons. The lowest BCUT2D eigenvalue weighted by atomic mass is 10.0. The topological polar surface area (TPSA) is 82.4 Å². The lowest BCUT2D eigenvalue weighted by Crippen LogP contribution is -2.26. The molecule has 0 aliphatic heterocycles. The van der Waals surface area contributed by atoms with Crippen molar-refractivity contribution in [3.8, 4) is 11.8 Å². The molecule has 1 aromatic rings. The number of rotatable bonds is 4. The van der Waals surface area contributed by atoms with Gasteiger partial charge in [-0.2, -0.15) is 5.26 Å². The lowest BCUT2D eigenvalue weighted by Gasteiger charge is -2.15. The molecule has 0 aromatic heterocycles. The van der Waals surface area contributed by atoms with E-state index in [1.54, 1.807) is 6.07 Å². The van der Waals surface area contributed by atoms with Gasteiger partial charge in [0.2, 0.25) is 0 Å². The van der Waals surface area contributed by atoms with E-state index in [2.05, 4.69) is 4.74 Å². The van der Waals surface area contributed by atoms with E-state index in [1.807, 2.05) is 5.32 Å². The molecule has 0 bridgehead atoms. The highest BCUT2D eigenvalue weighted by molar-refractivity contribution is 5.65. The molecule has 0 aliphatic rings. The van der Waals surface area contributed by atoms with Crippen molar-refractivity contribution in [2.24, 2.45) is 0 Å². The van der Waals surface area contributed by atoms with Crippen molar-refractivity contribution < 1.29 is 32.2 Å². The number of nitrogens with zero attached hydrogens (tertiary/aromatic N) is 1. The zero-order valence-electron chi connectivity index (χ0n) is 9.74. The molecule has 0 aliphatic carbocycles. The zero-order chi connectivity index (χ0) is 15.3. The fourth-order valence-electron chi connectivity index (χ4n) is 1.43. The van der Waals surface area contributed by atoms with Gasteiger partial charge in [0, 0.05) is 0 Å². The molecular weight excluding hydrogens is 284 g/mol. The summed E-state index contributed by atoms with van der Waals surface area (Å²) in [6.45, 7) is 0. The van der Waals surface area contributed by atoms with Crippen LogP contribution in [0.25, 0.3) is 0 Å². The highest BCUT2D eigenvalue weighted by Crippen LogP contribution is 2.28. The maximum absolute atomic E-state index is 13.4. The van der Waals surface area contributed by atoms with Crippen molar-refractivity contribution in [1.29, 1.82) is 5.26 Å². The maximum atomic E-state index is 13.4. The number of nitrogens with one attached hydrogen (secondary N) is 1. The van der Waals surface area contributed by atoms with Crippen molar-refractivity contribution in [2.45, 2.75) is 18.8 Å². The van der Waals surface area contributed by atoms with Crippen LogP contribution in [0.1, 0.15) is 18.0 Å². The van der Waals surface area contributed by atoms with Gasteiger partial charge in [0.25, 0.3) is 0 Å². The number of carbonyl (C=O) groups is 1. The Kier molecular flexibility index (Phi) is 4.74. The van der Waals surface area contributed by atoms with Crippen LogP contribution in [0.2, 0.25) is 0 Å². The number of hydrogen-bond donors (Lipinski definition) is 2. The van der Waals surface area contributed by atoms with Crippen molar-refractivity contribution in [1.82, 2.24) is 5.32 Å². The Morgan fingerprint density at radius 2 is 2.15 bits per heavy atom. The lowest BCUT2D eigenvalue weighted by molar-refractivity contribution is -0.275. The normalized spacial score (nSPS) is 12.3. The highest BCUT2D eigenvalue weighted by Gasteiger charge is 2.32. The summed E-state index contributed by atoms with van der Waals surface area (Å²) in [5.41, 5.74) is 0.0148. The van der Waals surface area contributed by atoms with E-state index in [0.717, 1.165) is 6.07 Å². The van der Waals surface area contributed by atoms with Gasteiger partial charge in [-0.05, 0) is 17.7 Å². The molecule has 1 unspecified atom stereocenters. The molecule has 0 spiro atoms. The largest absolute Gasteiger partial charge is 0.573 e. The third-order valence-corrected chi connectivity index (χ3v) is 2.18. The van der Waals surface area contributed by atoms with E-state index in [1.165, 1.54) is 0 Å². The molecule has 2 N–H and O–H groups in total. The SMILES string of the molecule is N#CCC(NC(=O)O)c1ccc(OC(F)(F)F)c(F)c1. The smallest absolute Gasteiger partial charge is 0.465 e. The number of carboxylic acid groups (broad SMARTS) is 1. The Balaban J connectivity index is 3.00. The molecule has 1 aromatic carbocycles. The molecule has 0 heterocycles. The Labute approximate surface area is 110 Å². The van der Waals surface area contributed by atoms with Crippen molar-refractivity contribution in [3.05, 3.63) is 29.6 Å². The summed E-state index contributed by atoms with van der Waals surface area (Å²) in [4.78, 5) is 10.5. The molecule has 0 saturated carbocycles. The quantitative estimate of drug-likeness (QED) is 0.836. The van der Waals surface area contributed by atoms with E-state index in [4.69, 9.17) is 10.4 Å². The molecule has 20 heavy (non-hydrogen) atoms. The van der Waals surface area contributed by atoms with E-state index < -0.39 is 30.1 Å². The van der Waals surface area contributed by atoms with Gasteiger partial charge in [0.1, 0.15) is 0 Å². The van der Waals surface area contributed by atoms with Crippen LogP contribution in [0.4, 0.5) is 22.4 Å². The standard InChI is InChI=1S/C11H8F4N2O3/c12-7-5-6(8(3-4-16)17-10(18)19)1-2-9(7)20-11(13,14)15/h1-2,5,8,17H,3H2,(H,18,19). The summed E-state index contributed by atoms with van der Waals surface area (Å²) in [6.07, 6.45) is -6.78. The van der Waals surface area contributed by atoms with Gasteiger partial charge in [0.15, 0.2) is 11.6 Å². The predicted octanol–water partition coefficient (Wildman–Crippen LogP) is 2.95. The third-order valence-electron chi connectivity index (χ3n) is 2.18. The van der Waals surface area contributed by atoms with Crippen LogP contribution in [0.3, 0.4) is 0 Å². The second kappa shape index (κ2) is 6.10. The van der Waals surface area contributed by atoms with Crippen LogP contribution >= 0.6 is 0 Å². The number of halogens is 4. The second-order valence-electron chi connectivity index (χ2n) is 3.60. The molecule has 1 atom stereocenters. The average Bonchev–Trinajstić information content (AvgIpc) is 2.29. The second-order valence-corrected chi connectivity index (χ2v) is 3.60. The average molecular weight is 292 g/mol. The van der Waals surface area contributed by atoms with Crippen LogP contribution in [0.5, 0.6) is 5.75 Å². The van der Waals surface area contributed by atoms with Crippen LogP contribution in [-0.4, -0.2) is 17.6 Å². The van der Waals surface area contributed by atoms with E-state index >= 15 is 0 Å². The first kappa shape index (κ1) is 15.6. The Bertz CT molecular complexity index is 539. The molecular formula is C11H8F4N2O3. The maximum Gasteiger partial charge on any atom is 0.573 e. The van der Waals surface area contributed by atoms with Crippen LogP contribution in [-0.2, 0) is 0 Å². The molecule has 0 radical (unpaired) electrons. The number of hydrogen-bond acceptors (Lipinski definition) is 3. The summed E-state index contributed by atoms with van der Waals surface area (Å²) < 4.78 is 52.7. The monoisotopic (exact) mass is 292 g/mol. The first-order valence-electron chi connectivity index (χ1n) is 5.14. The van der Waals surface area contributed by atoms with E-state index in [0.29, 0.717) is 12.1 Å². The summed E-state index contributed by atoms with van der Waals surface area (Å²) in [5.74, 6) is -2.35. The van der Waals surface area contributed by atoms with Crippen molar-refractivity contribution in [2.75, 3.05) is 0 Å². The first-order valence-corrected chi connectivity index (χ1v) is 5.14. The molecule has 1 rings (SSSR count). The van der Waals surface area contributed by atoms with Crippen molar-refractivity contribution >= 4 is 6.09 Å². The zero-order valence-corrected chi connectivity index (χ0v) is 9.74. The Morgan fingerprint density at radius 1 is 1.50 bits per heavy atom. The minimum atomic E-state index is -5.03. The third kappa shape index (κ3) is 4.64. The first-order chi connectivity index (χ1) is 9.23. The molecule has 9 heteroatoms. The molecule has 0 fully saturated rings. The van der Waals surface area contributed by atoms with Crippen molar-refractivity contribution in [3.63, 3.8) is 0 Å². The number of nitriles is 1. The van der Waals surface area contributed by atoms with E-state index in [-0.39, 0.29) is 12.0 Å². The minimum absolute atomic E-state index is 0.0148. The van der Waals surface area contributed by atoms with Crippen LogP contribution < -0.4 is 10.1 Å². The summed E-state index contributed by atoms with van der Waals surface area (Å²) in [6, 6.07) is 3.07. The fraction of sp³-hybridized carbons (Fsp3) is 0.273. The van der Waals surface area contributed by atoms with Crippen LogP contribution in [0.15, 0.2) is 18.2 Å². The summed E-state index contributed by atoms with van der Waals surface area (Å²) in [5, 5.41) is 19.1. The van der Waals surface area contributed by atoms with Gasteiger partial charge < -0.3 is 15.2 Å².